The van der Waals surface area contributed by atoms with Gasteiger partial charge in [-0.15, -0.1) is 0 Å². The van der Waals surface area contributed by atoms with E-state index in [0.717, 1.165) is 55.1 Å². The molecule has 2 aromatic carbocycles. The number of benzene rings is 2. The summed E-state index contributed by atoms with van der Waals surface area (Å²) in [7, 11) is 1.82. The van der Waals surface area contributed by atoms with Crippen molar-refractivity contribution in [1.29, 1.82) is 5.41 Å². The molecule has 0 atom stereocenters. The van der Waals surface area contributed by atoms with Crippen LogP contribution in [0.3, 0.4) is 0 Å². The number of nitrogens with two attached hydrogens (primary N) is 1. The van der Waals surface area contributed by atoms with Crippen LogP contribution < -0.4 is 16.7 Å². The van der Waals surface area contributed by atoms with Crippen molar-refractivity contribution in [2.45, 2.75) is 47.2 Å². The average molecular weight is 499 g/mol. The summed E-state index contributed by atoms with van der Waals surface area (Å²) in [5, 5.41) is 12.8. The molecular weight excluding hydrogens is 464 g/mol. The van der Waals surface area contributed by atoms with Gasteiger partial charge in [0.2, 0.25) is 0 Å². The van der Waals surface area contributed by atoms with Gasteiger partial charge in [-0.3, -0.25) is 14.6 Å². The van der Waals surface area contributed by atoms with Crippen LogP contribution in [-0.4, -0.2) is 33.7 Å². The third-order valence-electron chi connectivity index (χ3n) is 6.80. The summed E-state index contributed by atoms with van der Waals surface area (Å²) in [6.45, 7) is 9.86. The summed E-state index contributed by atoms with van der Waals surface area (Å²) in [4.78, 5) is 29.2. The lowest BCUT2D eigenvalue weighted by molar-refractivity contribution is 0.0744. The van der Waals surface area contributed by atoms with Crippen LogP contribution >= 0.6 is 0 Å². The number of aromatic nitrogens is 2. The van der Waals surface area contributed by atoms with Gasteiger partial charge in [-0.25, -0.2) is 5.84 Å². The van der Waals surface area contributed by atoms with E-state index in [-0.39, 0.29) is 24.1 Å². The van der Waals surface area contributed by atoms with Crippen LogP contribution in [0.5, 0.6) is 0 Å². The van der Waals surface area contributed by atoms with Gasteiger partial charge in [-0.1, -0.05) is 12.1 Å². The van der Waals surface area contributed by atoms with E-state index >= 15 is 0 Å². The molecule has 4 rings (SSSR count). The van der Waals surface area contributed by atoms with Crippen LogP contribution in [0, 0.1) is 26.2 Å². The summed E-state index contributed by atoms with van der Waals surface area (Å²) in [6, 6.07) is 11.8. The Labute approximate surface area is 216 Å². The number of pyridine rings is 1. The number of amides is 1. The lowest BCUT2D eigenvalue weighted by Crippen LogP contribution is -2.39. The van der Waals surface area contributed by atoms with Gasteiger partial charge in [-0.05, 0) is 81.1 Å². The SMILES string of the molecule is CNc1cc(-c2cc(C(=O)N(N)Cc3c(C)cc(C)[nH]c3=O)c3c(C)cn(C(C)C)c3c2)ccc1C=N. The van der Waals surface area contributed by atoms with Crippen LogP contribution in [0.15, 0.2) is 47.4 Å². The van der Waals surface area contributed by atoms with Crippen molar-refractivity contribution in [2.24, 2.45) is 5.84 Å². The number of hydrogen-bond donors (Lipinski definition) is 4. The second-order valence-corrected chi connectivity index (χ2v) is 9.80. The summed E-state index contributed by atoms with van der Waals surface area (Å²) in [5.74, 6) is 5.97. The van der Waals surface area contributed by atoms with E-state index in [1.807, 2.05) is 58.2 Å². The van der Waals surface area contributed by atoms with Crippen molar-refractivity contribution in [3.8, 4) is 11.1 Å². The number of fused-ring (bicyclic) bond motifs is 1. The molecule has 2 aromatic heterocycles. The zero-order valence-corrected chi connectivity index (χ0v) is 22.2. The molecule has 5 N–H and O–H groups in total. The maximum absolute atomic E-state index is 13.8. The smallest absolute Gasteiger partial charge is 0.268 e. The van der Waals surface area contributed by atoms with E-state index in [9.17, 15) is 9.59 Å². The molecule has 0 radical (unpaired) electrons. The molecule has 0 unspecified atom stereocenters. The molecule has 192 valence electrons. The number of hydrogen-bond acceptors (Lipinski definition) is 5. The Morgan fingerprint density at radius 2 is 1.86 bits per heavy atom. The normalized spacial score (nSPS) is 11.2. The van der Waals surface area contributed by atoms with Crippen molar-refractivity contribution < 1.29 is 4.79 Å². The van der Waals surface area contributed by atoms with Crippen molar-refractivity contribution in [1.82, 2.24) is 14.6 Å². The molecule has 0 saturated carbocycles. The van der Waals surface area contributed by atoms with E-state index in [1.54, 1.807) is 0 Å². The average Bonchev–Trinajstić information content (AvgIpc) is 3.21. The van der Waals surface area contributed by atoms with Crippen LogP contribution in [0.1, 0.15) is 58.2 Å². The fourth-order valence-corrected chi connectivity index (χ4v) is 4.90. The maximum atomic E-state index is 13.8. The highest BCUT2D eigenvalue weighted by atomic mass is 16.2. The first-order chi connectivity index (χ1) is 17.5. The molecule has 2 heterocycles. The predicted octanol–water partition coefficient (Wildman–Crippen LogP) is 5.06. The Balaban J connectivity index is 1.88. The lowest BCUT2D eigenvalue weighted by Gasteiger charge is -2.20. The quantitative estimate of drug-likeness (QED) is 0.123. The number of H-pyrrole nitrogens is 1. The topological polar surface area (TPSA) is 120 Å². The van der Waals surface area contributed by atoms with Gasteiger partial charge in [-0.2, -0.15) is 0 Å². The Bertz CT molecular complexity index is 1580. The van der Waals surface area contributed by atoms with E-state index in [2.05, 4.69) is 41.0 Å². The van der Waals surface area contributed by atoms with E-state index < -0.39 is 0 Å². The second-order valence-electron chi connectivity index (χ2n) is 9.80. The molecule has 37 heavy (non-hydrogen) atoms. The molecule has 0 fully saturated rings. The van der Waals surface area contributed by atoms with Crippen molar-refractivity contribution in [3.63, 3.8) is 0 Å². The highest BCUT2D eigenvalue weighted by Gasteiger charge is 2.23. The third kappa shape index (κ3) is 4.80. The van der Waals surface area contributed by atoms with Crippen LogP contribution in [0.4, 0.5) is 5.69 Å². The van der Waals surface area contributed by atoms with Crippen molar-refractivity contribution in [2.75, 3.05) is 12.4 Å². The largest absolute Gasteiger partial charge is 0.388 e. The van der Waals surface area contributed by atoms with Gasteiger partial charge in [0.25, 0.3) is 11.5 Å². The number of aromatic amines is 1. The fraction of sp³-hybridized carbons (Fsp3) is 0.276. The first-order valence-corrected chi connectivity index (χ1v) is 12.3. The number of nitrogens with zero attached hydrogens (tertiary/aromatic N) is 2. The minimum absolute atomic E-state index is 0.00608. The first-order valence-electron chi connectivity index (χ1n) is 12.3. The van der Waals surface area contributed by atoms with Crippen LogP contribution in [0.2, 0.25) is 0 Å². The van der Waals surface area contributed by atoms with Crippen LogP contribution in [0.25, 0.3) is 22.0 Å². The van der Waals surface area contributed by atoms with Crippen molar-refractivity contribution in [3.05, 3.63) is 86.5 Å². The number of aryl methyl sites for hydroxylation is 3. The first kappa shape index (κ1) is 25.9. The van der Waals surface area contributed by atoms with Gasteiger partial charge in [0.05, 0.1) is 12.1 Å². The molecule has 0 aliphatic rings. The van der Waals surface area contributed by atoms with Gasteiger partial charge in [0.15, 0.2) is 0 Å². The monoisotopic (exact) mass is 498 g/mol. The molecule has 8 nitrogen and oxygen atoms in total. The minimum Gasteiger partial charge on any atom is -0.388 e. The van der Waals surface area contributed by atoms with Crippen LogP contribution in [-0.2, 0) is 6.54 Å². The molecular formula is C29H34N6O2. The molecule has 8 heteroatoms. The summed E-state index contributed by atoms with van der Waals surface area (Å²) < 4.78 is 2.16. The molecule has 1 amide bonds. The maximum Gasteiger partial charge on any atom is 0.268 e. The van der Waals surface area contributed by atoms with Gasteiger partial charge >= 0.3 is 0 Å². The predicted molar refractivity (Wildman–Crippen MR) is 151 cm³/mol. The number of carbonyl (C=O) groups excluding carboxylic acids is 1. The van der Waals surface area contributed by atoms with Gasteiger partial charge in [0.1, 0.15) is 0 Å². The second kappa shape index (κ2) is 10.1. The minimum atomic E-state index is -0.360. The summed E-state index contributed by atoms with van der Waals surface area (Å²) in [6.07, 6.45) is 3.37. The molecule has 0 aliphatic heterocycles. The number of carbonyl (C=O) groups is 1. The number of anilines is 1. The van der Waals surface area contributed by atoms with Crippen molar-refractivity contribution >= 4 is 28.7 Å². The highest BCUT2D eigenvalue weighted by molar-refractivity contribution is 6.09. The third-order valence-corrected chi connectivity index (χ3v) is 6.80. The standard InChI is InChI=1S/C29H34N6O2/c1-16(2)34-14-18(4)27-23(29(37)35(31)15-24-17(3)9-19(5)33-28(24)36)10-22(12-26(27)34)20-7-8-21(13-30)25(11-20)32-6/h7-14,16,30,32H,15,31H2,1-6H3,(H,33,36). The molecule has 0 saturated heterocycles. The van der Waals surface area contributed by atoms with E-state index in [0.29, 0.717) is 11.1 Å². The Morgan fingerprint density at radius 1 is 1.14 bits per heavy atom. The van der Waals surface area contributed by atoms with Gasteiger partial charge < -0.3 is 20.3 Å². The number of nitrogens with one attached hydrogen (secondary N) is 3. The zero-order chi connectivity index (χ0) is 27.0. The summed E-state index contributed by atoms with van der Waals surface area (Å²) in [5.41, 5.74) is 7.54. The zero-order valence-electron chi connectivity index (χ0n) is 22.2. The number of rotatable bonds is 7. The van der Waals surface area contributed by atoms with E-state index in [4.69, 9.17) is 11.3 Å². The molecule has 0 spiro atoms. The Kier molecular flexibility index (Phi) is 7.05. The molecule has 4 aromatic rings. The fourth-order valence-electron chi connectivity index (χ4n) is 4.90. The Hall–Kier alpha value is -4.17. The molecule has 0 bridgehead atoms. The number of hydrazine groups is 1. The van der Waals surface area contributed by atoms with E-state index in [1.165, 1.54) is 6.21 Å². The lowest BCUT2D eigenvalue weighted by atomic mass is 9.96. The highest BCUT2D eigenvalue weighted by Crippen LogP contribution is 2.34. The Morgan fingerprint density at radius 3 is 2.49 bits per heavy atom. The molecule has 0 aliphatic carbocycles. The summed E-state index contributed by atoms with van der Waals surface area (Å²) >= 11 is 0. The van der Waals surface area contributed by atoms with Gasteiger partial charge in [0, 0.05) is 58.9 Å².